The van der Waals surface area contributed by atoms with Crippen molar-refractivity contribution in [2.24, 2.45) is 5.73 Å². The van der Waals surface area contributed by atoms with E-state index in [1.54, 1.807) is 0 Å². The maximum atomic E-state index is 6.49. The van der Waals surface area contributed by atoms with Gasteiger partial charge in [-0.3, -0.25) is 9.88 Å². The first-order chi connectivity index (χ1) is 9.75. The van der Waals surface area contributed by atoms with Crippen LogP contribution in [0.2, 0.25) is 0 Å². The third-order valence-electron chi connectivity index (χ3n) is 4.29. The van der Waals surface area contributed by atoms with Gasteiger partial charge in [0.25, 0.3) is 0 Å². The van der Waals surface area contributed by atoms with Gasteiger partial charge in [0.2, 0.25) is 0 Å². The largest absolute Gasteiger partial charge is 0.323 e. The molecule has 2 aromatic rings. The minimum atomic E-state index is 0.104. The molecule has 1 heterocycles. The van der Waals surface area contributed by atoms with Crippen LogP contribution in [0.25, 0.3) is 0 Å². The SMILES string of the molecule is CN(Cc1ccncc1)C1CCc2ccccc2C1N. The van der Waals surface area contributed by atoms with Crippen molar-refractivity contribution >= 4 is 0 Å². The highest BCUT2D eigenvalue weighted by Gasteiger charge is 2.29. The number of aryl methyl sites for hydroxylation is 1. The fourth-order valence-corrected chi connectivity index (χ4v) is 3.17. The molecule has 0 amide bonds. The van der Waals surface area contributed by atoms with Gasteiger partial charge in [-0.05, 0) is 48.7 Å². The average Bonchev–Trinajstić information content (AvgIpc) is 2.49. The first-order valence-electron chi connectivity index (χ1n) is 7.18. The molecule has 2 N–H and O–H groups in total. The van der Waals surface area contributed by atoms with E-state index in [0.717, 1.165) is 19.4 Å². The summed E-state index contributed by atoms with van der Waals surface area (Å²) in [6.45, 7) is 0.920. The lowest BCUT2D eigenvalue weighted by Gasteiger charge is -2.37. The van der Waals surface area contributed by atoms with Crippen molar-refractivity contribution in [3.63, 3.8) is 0 Å². The molecule has 0 saturated heterocycles. The molecule has 104 valence electrons. The molecule has 3 heteroatoms. The molecule has 0 saturated carbocycles. The highest BCUT2D eigenvalue weighted by atomic mass is 15.1. The number of aromatic nitrogens is 1. The Labute approximate surface area is 120 Å². The van der Waals surface area contributed by atoms with E-state index in [1.165, 1.54) is 16.7 Å². The third-order valence-corrected chi connectivity index (χ3v) is 4.29. The summed E-state index contributed by atoms with van der Waals surface area (Å²) >= 11 is 0. The molecule has 1 aliphatic carbocycles. The van der Waals surface area contributed by atoms with Gasteiger partial charge < -0.3 is 5.73 Å². The smallest absolute Gasteiger partial charge is 0.0455 e. The van der Waals surface area contributed by atoms with Crippen molar-refractivity contribution in [3.05, 3.63) is 65.5 Å². The summed E-state index contributed by atoms with van der Waals surface area (Å²) in [5.74, 6) is 0. The molecule has 3 rings (SSSR count). The predicted molar refractivity (Wildman–Crippen MR) is 81.2 cm³/mol. The zero-order valence-electron chi connectivity index (χ0n) is 11.9. The number of nitrogens with two attached hydrogens (primary N) is 1. The lowest BCUT2D eigenvalue weighted by molar-refractivity contribution is 0.184. The van der Waals surface area contributed by atoms with Gasteiger partial charge >= 0.3 is 0 Å². The molecule has 0 bridgehead atoms. The number of benzene rings is 1. The van der Waals surface area contributed by atoms with Crippen molar-refractivity contribution < 1.29 is 0 Å². The van der Waals surface area contributed by atoms with Crippen LogP contribution < -0.4 is 5.73 Å². The number of hydrogen-bond acceptors (Lipinski definition) is 3. The van der Waals surface area contributed by atoms with Crippen LogP contribution >= 0.6 is 0 Å². The molecule has 20 heavy (non-hydrogen) atoms. The van der Waals surface area contributed by atoms with E-state index in [2.05, 4.69) is 53.3 Å². The quantitative estimate of drug-likeness (QED) is 0.929. The van der Waals surface area contributed by atoms with Crippen LogP contribution in [0, 0.1) is 0 Å². The van der Waals surface area contributed by atoms with Crippen molar-refractivity contribution in [3.8, 4) is 0 Å². The van der Waals surface area contributed by atoms with Crippen LogP contribution in [0.1, 0.15) is 29.2 Å². The highest BCUT2D eigenvalue weighted by molar-refractivity contribution is 5.33. The first-order valence-corrected chi connectivity index (χ1v) is 7.18. The molecular formula is C17H21N3. The fourth-order valence-electron chi connectivity index (χ4n) is 3.17. The van der Waals surface area contributed by atoms with E-state index < -0.39 is 0 Å². The van der Waals surface area contributed by atoms with Crippen LogP contribution in [0.5, 0.6) is 0 Å². The van der Waals surface area contributed by atoms with Gasteiger partial charge in [0.1, 0.15) is 0 Å². The Hall–Kier alpha value is -1.71. The van der Waals surface area contributed by atoms with Gasteiger partial charge in [0, 0.05) is 31.0 Å². The van der Waals surface area contributed by atoms with E-state index >= 15 is 0 Å². The van der Waals surface area contributed by atoms with E-state index in [1.807, 2.05) is 12.4 Å². The molecule has 1 aromatic carbocycles. The van der Waals surface area contributed by atoms with Crippen LogP contribution in [-0.2, 0) is 13.0 Å². The average molecular weight is 267 g/mol. The Morgan fingerprint density at radius 1 is 1.20 bits per heavy atom. The maximum absolute atomic E-state index is 6.49. The van der Waals surface area contributed by atoms with Gasteiger partial charge in [-0.2, -0.15) is 0 Å². The van der Waals surface area contributed by atoms with Crippen LogP contribution in [0.15, 0.2) is 48.8 Å². The number of likely N-dealkylation sites (N-methyl/N-ethyl adjacent to an activating group) is 1. The Morgan fingerprint density at radius 2 is 1.95 bits per heavy atom. The molecule has 1 aliphatic rings. The molecule has 3 nitrogen and oxygen atoms in total. The predicted octanol–water partition coefficient (Wildman–Crippen LogP) is 2.53. The molecule has 2 atom stereocenters. The van der Waals surface area contributed by atoms with Crippen molar-refractivity contribution in [2.75, 3.05) is 7.05 Å². The molecule has 0 fully saturated rings. The van der Waals surface area contributed by atoms with Crippen LogP contribution in [-0.4, -0.2) is 23.0 Å². The zero-order chi connectivity index (χ0) is 13.9. The molecule has 2 unspecified atom stereocenters. The summed E-state index contributed by atoms with van der Waals surface area (Å²) in [6.07, 6.45) is 5.94. The van der Waals surface area contributed by atoms with Gasteiger partial charge in [0.15, 0.2) is 0 Å². The molecule has 0 spiro atoms. The van der Waals surface area contributed by atoms with Gasteiger partial charge in [-0.15, -0.1) is 0 Å². The minimum Gasteiger partial charge on any atom is -0.323 e. The Bertz CT molecular complexity index is 567. The number of nitrogens with zero attached hydrogens (tertiary/aromatic N) is 2. The highest BCUT2D eigenvalue weighted by Crippen LogP contribution is 2.31. The summed E-state index contributed by atoms with van der Waals surface area (Å²) in [5, 5.41) is 0. The summed E-state index contributed by atoms with van der Waals surface area (Å²) in [5.41, 5.74) is 10.5. The van der Waals surface area contributed by atoms with Crippen LogP contribution in [0.4, 0.5) is 0 Å². The topological polar surface area (TPSA) is 42.2 Å². The van der Waals surface area contributed by atoms with Crippen molar-refractivity contribution in [1.82, 2.24) is 9.88 Å². The lowest BCUT2D eigenvalue weighted by atomic mass is 9.84. The number of pyridine rings is 1. The standard InChI is InChI=1S/C17H21N3/c1-20(12-13-8-10-19-11-9-13)16-7-6-14-4-2-3-5-15(14)17(16)18/h2-5,8-11,16-17H,6-7,12,18H2,1H3. The number of rotatable bonds is 3. The Balaban J connectivity index is 1.75. The normalized spacial score (nSPS) is 21.8. The molecule has 0 radical (unpaired) electrons. The monoisotopic (exact) mass is 267 g/mol. The van der Waals surface area contributed by atoms with E-state index in [-0.39, 0.29) is 6.04 Å². The van der Waals surface area contributed by atoms with Gasteiger partial charge in [-0.25, -0.2) is 0 Å². The van der Waals surface area contributed by atoms with E-state index in [9.17, 15) is 0 Å². The van der Waals surface area contributed by atoms with Crippen molar-refractivity contribution in [1.29, 1.82) is 0 Å². The molecule has 0 aliphatic heterocycles. The van der Waals surface area contributed by atoms with Crippen LogP contribution in [0.3, 0.4) is 0 Å². The summed E-state index contributed by atoms with van der Waals surface area (Å²) < 4.78 is 0. The summed E-state index contributed by atoms with van der Waals surface area (Å²) in [4.78, 5) is 6.44. The first kappa shape index (κ1) is 13.3. The van der Waals surface area contributed by atoms with Gasteiger partial charge in [0.05, 0.1) is 0 Å². The zero-order valence-corrected chi connectivity index (χ0v) is 11.9. The van der Waals surface area contributed by atoms with Gasteiger partial charge in [-0.1, -0.05) is 24.3 Å². The molecule has 1 aromatic heterocycles. The minimum absolute atomic E-state index is 0.104. The van der Waals surface area contributed by atoms with Crippen molar-refractivity contribution in [2.45, 2.75) is 31.5 Å². The lowest BCUT2D eigenvalue weighted by Crippen LogP contribution is -2.43. The second kappa shape index (κ2) is 5.73. The second-order valence-corrected chi connectivity index (χ2v) is 5.60. The molecular weight excluding hydrogens is 246 g/mol. The number of fused-ring (bicyclic) bond motifs is 1. The summed E-state index contributed by atoms with van der Waals surface area (Å²) in [6, 6.07) is 13.2. The Morgan fingerprint density at radius 3 is 2.75 bits per heavy atom. The van der Waals surface area contributed by atoms with E-state index in [4.69, 9.17) is 5.73 Å². The Kier molecular flexibility index (Phi) is 3.81. The number of hydrogen-bond donors (Lipinski definition) is 1. The third kappa shape index (κ3) is 2.60. The van der Waals surface area contributed by atoms with E-state index in [0.29, 0.717) is 6.04 Å². The summed E-state index contributed by atoms with van der Waals surface area (Å²) in [7, 11) is 2.17. The maximum Gasteiger partial charge on any atom is 0.0455 e. The second-order valence-electron chi connectivity index (χ2n) is 5.60. The fraction of sp³-hybridized carbons (Fsp3) is 0.353.